The van der Waals surface area contributed by atoms with E-state index in [0.717, 1.165) is 31.7 Å². The van der Waals surface area contributed by atoms with Gasteiger partial charge in [-0.25, -0.2) is 17.2 Å². The molecule has 1 saturated carbocycles. The standard InChI is InChI=1S/C20H22F2O2S/c1-2-14-3-4-15(11-14)13-25(23,24)18-8-5-16(6-9-18)19-10-7-17(21)12-20(19)22/h5-10,12,14-15H,2-4,11,13H2,1H3/t14-,15+/m0/s1. The molecule has 0 heterocycles. The summed E-state index contributed by atoms with van der Waals surface area (Å²) in [4.78, 5) is 0.263. The Balaban J connectivity index is 1.77. The molecule has 0 aliphatic heterocycles. The highest BCUT2D eigenvalue weighted by Crippen LogP contribution is 2.35. The van der Waals surface area contributed by atoms with Crippen molar-refractivity contribution in [2.75, 3.05) is 5.75 Å². The summed E-state index contributed by atoms with van der Waals surface area (Å²) < 4.78 is 52.1. The fourth-order valence-electron chi connectivity index (χ4n) is 3.67. The van der Waals surface area contributed by atoms with Crippen LogP contribution in [0.5, 0.6) is 0 Å². The summed E-state index contributed by atoms with van der Waals surface area (Å²) in [5.74, 6) is -0.254. The third-order valence-electron chi connectivity index (χ3n) is 5.14. The van der Waals surface area contributed by atoms with Crippen LogP contribution in [0.25, 0.3) is 11.1 Å². The first-order chi connectivity index (χ1) is 11.9. The number of hydrogen-bond donors (Lipinski definition) is 0. The lowest BCUT2D eigenvalue weighted by molar-refractivity contribution is 0.497. The van der Waals surface area contributed by atoms with Gasteiger partial charge >= 0.3 is 0 Å². The second-order valence-electron chi connectivity index (χ2n) is 6.88. The molecule has 25 heavy (non-hydrogen) atoms. The smallest absolute Gasteiger partial charge is 0.178 e. The van der Waals surface area contributed by atoms with Gasteiger partial charge in [-0.3, -0.25) is 0 Å². The molecule has 2 atom stereocenters. The van der Waals surface area contributed by atoms with Gasteiger partial charge < -0.3 is 0 Å². The Morgan fingerprint density at radius 2 is 1.68 bits per heavy atom. The van der Waals surface area contributed by atoms with Crippen molar-refractivity contribution >= 4 is 9.84 Å². The van der Waals surface area contributed by atoms with Crippen molar-refractivity contribution in [1.82, 2.24) is 0 Å². The van der Waals surface area contributed by atoms with Crippen molar-refractivity contribution in [3.63, 3.8) is 0 Å². The minimum atomic E-state index is -3.34. The van der Waals surface area contributed by atoms with Crippen molar-refractivity contribution in [2.45, 2.75) is 37.5 Å². The number of halogens is 2. The van der Waals surface area contributed by atoms with E-state index < -0.39 is 21.5 Å². The van der Waals surface area contributed by atoms with Crippen LogP contribution in [0.2, 0.25) is 0 Å². The Morgan fingerprint density at radius 1 is 1.00 bits per heavy atom. The highest BCUT2D eigenvalue weighted by atomic mass is 32.2. The molecule has 5 heteroatoms. The highest BCUT2D eigenvalue weighted by Gasteiger charge is 2.28. The Kier molecular flexibility index (Phi) is 5.23. The fourth-order valence-corrected chi connectivity index (χ4v) is 5.34. The van der Waals surface area contributed by atoms with Crippen LogP contribution in [0.3, 0.4) is 0 Å². The lowest BCUT2D eigenvalue weighted by Crippen LogP contribution is -2.14. The Hall–Kier alpha value is -1.75. The number of hydrogen-bond acceptors (Lipinski definition) is 2. The first-order valence-electron chi connectivity index (χ1n) is 8.67. The van der Waals surface area contributed by atoms with E-state index >= 15 is 0 Å². The van der Waals surface area contributed by atoms with E-state index in [1.54, 1.807) is 12.1 Å². The molecule has 2 aromatic carbocycles. The van der Waals surface area contributed by atoms with Crippen molar-refractivity contribution < 1.29 is 17.2 Å². The predicted octanol–water partition coefficient (Wildman–Crippen LogP) is 5.23. The van der Waals surface area contributed by atoms with Crippen LogP contribution < -0.4 is 0 Å². The van der Waals surface area contributed by atoms with E-state index in [-0.39, 0.29) is 22.1 Å². The van der Waals surface area contributed by atoms with Gasteiger partial charge in [-0.1, -0.05) is 31.9 Å². The van der Waals surface area contributed by atoms with E-state index in [1.807, 2.05) is 0 Å². The molecule has 3 rings (SSSR count). The van der Waals surface area contributed by atoms with Crippen molar-refractivity contribution in [3.8, 4) is 11.1 Å². The van der Waals surface area contributed by atoms with Gasteiger partial charge in [0.05, 0.1) is 10.6 Å². The average molecular weight is 364 g/mol. The van der Waals surface area contributed by atoms with Crippen LogP contribution in [0.4, 0.5) is 8.78 Å². The summed E-state index contributed by atoms with van der Waals surface area (Å²) in [5.41, 5.74) is 0.787. The monoisotopic (exact) mass is 364 g/mol. The maximum absolute atomic E-state index is 13.9. The average Bonchev–Trinajstić information content (AvgIpc) is 3.02. The molecule has 0 unspecified atom stereocenters. The maximum atomic E-state index is 13.9. The second kappa shape index (κ2) is 7.24. The third kappa shape index (κ3) is 4.09. The lowest BCUT2D eigenvalue weighted by Gasteiger charge is -2.12. The molecule has 0 aromatic heterocycles. The predicted molar refractivity (Wildman–Crippen MR) is 95.0 cm³/mol. The molecule has 0 N–H and O–H groups in total. The van der Waals surface area contributed by atoms with Crippen molar-refractivity contribution in [1.29, 1.82) is 0 Å². The molecule has 1 aliphatic rings. The Morgan fingerprint density at radius 3 is 2.28 bits per heavy atom. The molecule has 0 saturated heterocycles. The summed E-state index contributed by atoms with van der Waals surface area (Å²) >= 11 is 0. The van der Waals surface area contributed by atoms with Gasteiger partial charge in [0, 0.05) is 11.6 Å². The fraction of sp³-hybridized carbons (Fsp3) is 0.400. The molecule has 1 aliphatic carbocycles. The van der Waals surface area contributed by atoms with E-state index in [0.29, 0.717) is 11.5 Å². The van der Waals surface area contributed by atoms with Crippen LogP contribution in [-0.4, -0.2) is 14.2 Å². The van der Waals surface area contributed by atoms with Gasteiger partial charge in [-0.2, -0.15) is 0 Å². The first-order valence-corrected chi connectivity index (χ1v) is 10.3. The summed E-state index contributed by atoms with van der Waals surface area (Å²) in [5, 5.41) is 0. The van der Waals surface area contributed by atoms with Crippen LogP contribution in [-0.2, 0) is 9.84 Å². The Bertz CT molecular complexity index is 844. The summed E-state index contributed by atoms with van der Waals surface area (Å²) in [6, 6.07) is 9.55. The zero-order chi connectivity index (χ0) is 18.0. The molecule has 2 nitrogen and oxygen atoms in total. The van der Waals surface area contributed by atoms with E-state index in [2.05, 4.69) is 6.92 Å². The van der Waals surface area contributed by atoms with Crippen LogP contribution in [0, 0.1) is 23.5 Å². The zero-order valence-electron chi connectivity index (χ0n) is 14.2. The lowest BCUT2D eigenvalue weighted by atomic mass is 10.0. The van der Waals surface area contributed by atoms with Crippen LogP contribution >= 0.6 is 0 Å². The number of rotatable bonds is 5. The first kappa shape index (κ1) is 18.1. The van der Waals surface area contributed by atoms with Gasteiger partial charge in [0.15, 0.2) is 9.84 Å². The molecule has 1 fully saturated rings. The third-order valence-corrected chi connectivity index (χ3v) is 7.04. The summed E-state index contributed by atoms with van der Waals surface area (Å²) in [6.45, 7) is 2.15. The minimum absolute atomic E-state index is 0.174. The summed E-state index contributed by atoms with van der Waals surface area (Å²) in [6.07, 6.45) is 4.17. The number of benzene rings is 2. The van der Waals surface area contributed by atoms with Gasteiger partial charge in [-0.05, 0) is 54.5 Å². The van der Waals surface area contributed by atoms with Crippen LogP contribution in [0.1, 0.15) is 32.6 Å². The zero-order valence-corrected chi connectivity index (χ0v) is 15.0. The molecular formula is C20H22F2O2S. The minimum Gasteiger partial charge on any atom is -0.224 e. The molecule has 0 amide bonds. The van der Waals surface area contributed by atoms with Gasteiger partial charge in [0.25, 0.3) is 0 Å². The molecular weight excluding hydrogens is 342 g/mol. The quantitative estimate of drug-likeness (QED) is 0.728. The van der Waals surface area contributed by atoms with Gasteiger partial charge in [0.2, 0.25) is 0 Å². The Labute approximate surface area is 147 Å². The van der Waals surface area contributed by atoms with Crippen LogP contribution in [0.15, 0.2) is 47.4 Å². The molecule has 2 aromatic rings. The van der Waals surface area contributed by atoms with E-state index in [1.165, 1.54) is 24.3 Å². The summed E-state index contributed by atoms with van der Waals surface area (Å²) in [7, 11) is -3.34. The molecule has 134 valence electrons. The maximum Gasteiger partial charge on any atom is 0.178 e. The molecule has 0 spiro atoms. The SMILES string of the molecule is CC[C@H]1CC[C@@H](CS(=O)(=O)c2ccc(-c3ccc(F)cc3F)cc2)C1. The van der Waals surface area contributed by atoms with Gasteiger partial charge in [0.1, 0.15) is 11.6 Å². The van der Waals surface area contributed by atoms with E-state index in [9.17, 15) is 17.2 Å². The topological polar surface area (TPSA) is 34.1 Å². The van der Waals surface area contributed by atoms with Gasteiger partial charge in [-0.15, -0.1) is 0 Å². The van der Waals surface area contributed by atoms with Crippen molar-refractivity contribution in [2.24, 2.45) is 11.8 Å². The molecule has 0 bridgehead atoms. The highest BCUT2D eigenvalue weighted by molar-refractivity contribution is 7.91. The second-order valence-corrected chi connectivity index (χ2v) is 8.92. The van der Waals surface area contributed by atoms with Crippen molar-refractivity contribution in [3.05, 3.63) is 54.1 Å². The normalized spacial score (nSPS) is 20.8. The molecule has 0 radical (unpaired) electrons. The van der Waals surface area contributed by atoms with E-state index in [4.69, 9.17) is 0 Å². The largest absolute Gasteiger partial charge is 0.224 e. The number of sulfone groups is 1.